The van der Waals surface area contributed by atoms with Crippen molar-refractivity contribution in [3.8, 4) is 17.2 Å². The summed E-state index contributed by atoms with van der Waals surface area (Å²) in [5.41, 5.74) is 2.14. The molecule has 0 aliphatic heterocycles. The van der Waals surface area contributed by atoms with Gasteiger partial charge in [-0.05, 0) is 18.7 Å². The van der Waals surface area contributed by atoms with Crippen LogP contribution in [-0.4, -0.2) is 40.4 Å². The zero-order chi connectivity index (χ0) is 17.1. The molecule has 1 aromatic heterocycles. The van der Waals surface area contributed by atoms with E-state index in [-0.39, 0.29) is 0 Å². The fraction of sp³-hybridized carbons (Fsp3) is 0.353. The quantitative estimate of drug-likeness (QED) is 0.853. The molecule has 2 aromatic rings. The second-order valence-corrected chi connectivity index (χ2v) is 4.56. The molecule has 0 saturated heterocycles. The first-order valence-corrected chi connectivity index (χ1v) is 7.21. The fourth-order valence-corrected chi connectivity index (χ4v) is 1.93. The Morgan fingerprint density at radius 1 is 1.00 bits per heavy atom. The number of hydrogen-bond donors (Lipinski definition) is 2. The van der Waals surface area contributed by atoms with Crippen LogP contribution in [-0.2, 0) is 6.54 Å². The first-order valence-electron chi connectivity index (χ1n) is 7.21. The predicted molar refractivity (Wildman–Crippen MR) is 92.6 cm³/mol. The summed E-state index contributed by atoms with van der Waals surface area (Å²) in [6, 6.07) is 7.68. The highest BCUT2D eigenvalue weighted by Crippen LogP contribution is 2.39. The van der Waals surface area contributed by atoms with Gasteiger partial charge in [0.15, 0.2) is 11.5 Å². The number of rotatable bonds is 6. The number of benzene rings is 1. The van der Waals surface area contributed by atoms with Gasteiger partial charge in [-0.3, -0.25) is 4.98 Å². The van der Waals surface area contributed by atoms with Crippen molar-refractivity contribution in [2.45, 2.75) is 6.54 Å². The van der Waals surface area contributed by atoms with Crippen LogP contribution in [0, 0.1) is 0 Å². The first-order chi connectivity index (χ1) is 11.2. The van der Waals surface area contributed by atoms with Crippen molar-refractivity contribution in [1.29, 1.82) is 0 Å². The molecular formula is C17H25N3O3. The van der Waals surface area contributed by atoms with Crippen LogP contribution in [0.15, 0.2) is 36.7 Å². The molecule has 2 rings (SSSR count). The summed E-state index contributed by atoms with van der Waals surface area (Å²) < 4.78 is 15.5. The van der Waals surface area contributed by atoms with Gasteiger partial charge in [-0.15, -0.1) is 0 Å². The van der Waals surface area contributed by atoms with Gasteiger partial charge in [0.25, 0.3) is 0 Å². The topological polar surface area (TPSA) is 64.6 Å². The third kappa shape index (κ3) is 5.67. The van der Waals surface area contributed by atoms with Crippen molar-refractivity contribution in [1.82, 2.24) is 10.3 Å². The molecule has 0 bridgehead atoms. The molecule has 23 heavy (non-hydrogen) atoms. The Hall–Kier alpha value is -2.47. The lowest BCUT2D eigenvalue weighted by Crippen LogP contribution is -2.04. The number of nitrogens with one attached hydrogen (secondary N) is 2. The normalized spacial score (nSPS) is 9.43. The number of nitrogens with zero attached hydrogens (tertiary/aromatic N) is 1. The fourth-order valence-electron chi connectivity index (χ4n) is 1.93. The molecule has 126 valence electrons. The van der Waals surface area contributed by atoms with Gasteiger partial charge < -0.3 is 24.8 Å². The van der Waals surface area contributed by atoms with Gasteiger partial charge in [-0.25, -0.2) is 0 Å². The third-order valence-corrected chi connectivity index (χ3v) is 3.06. The molecule has 0 unspecified atom stereocenters. The first kappa shape index (κ1) is 18.6. The van der Waals surface area contributed by atoms with Crippen LogP contribution < -0.4 is 24.8 Å². The van der Waals surface area contributed by atoms with E-state index >= 15 is 0 Å². The number of hydrogen-bond acceptors (Lipinski definition) is 6. The van der Waals surface area contributed by atoms with Crippen LogP contribution in [0.1, 0.15) is 5.56 Å². The highest BCUT2D eigenvalue weighted by Gasteiger charge is 2.11. The van der Waals surface area contributed by atoms with Crippen LogP contribution in [0.5, 0.6) is 17.2 Å². The van der Waals surface area contributed by atoms with E-state index < -0.39 is 0 Å². The minimum Gasteiger partial charge on any atom is -0.493 e. The summed E-state index contributed by atoms with van der Waals surface area (Å²) in [5.74, 6) is 1.90. The van der Waals surface area contributed by atoms with Crippen molar-refractivity contribution < 1.29 is 14.2 Å². The Balaban J connectivity index is 0.000000253. The molecular weight excluding hydrogens is 294 g/mol. The van der Waals surface area contributed by atoms with E-state index in [1.54, 1.807) is 27.5 Å². The maximum absolute atomic E-state index is 5.18. The van der Waals surface area contributed by atoms with Crippen LogP contribution in [0.2, 0.25) is 0 Å². The minimum atomic E-state index is 0.606. The van der Waals surface area contributed by atoms with Crippen LogP contribution in [0.4, 0.5) is 5.69 Å². The lowest BCUT2D eigenvalue weighted by Gasteiger charge is -2.13. The Morgan fingerprint density at radius 2 is 1.65 bits per heavy atom. The summed E-state index contributed by atoms with van der Waals surface area (Å²) in [5, 5.41) is 6.06. The maximum atomic E-state index is 5.18. The molecule has 0 aliphatic rings. The van der Waals surface area contributed by atoms with E-state index in [0.717, 1.165) is 12.2 Å². The van der Waals surface area contributed by atoms with E-state index in [4.69, 9.17) is 14.2 Å². The molecule has 2 N–H and O–H groups in total. The minimum absolute atomic E-state index is 0.606. The van der Waals surface area contributed by atoms with E-state index in [1.807, 2.05) is 44.6 Å². The second-order valence-electron chi connectivity index (χ2n) is 4.56. The molecule has 0 atom stereocenters. The molecule has 0 amide bonds. The van der Waals surface area contributed by atoms with Gasteiger partial charge in [-0.1, -0.05) is 6.07 Å². The molecule has 6 heteroatoms. The van der Waals surface area contributed by atoms with Crippen LogP contribution in [0.25, 0.3) is 0 Å². The Kier molecular flexibility index (Phi) is 8.31. The molecule has 0 fully saturated rings. The summed E-state index contributed by atoms with van der Waals surface area (Å²) in [6.07, 6.45) is 3.63. The molecule has 1 aromatic carbocycles. The van der Waals surface area contributed by atoms with Crippen molar-refractivity contribution in [2.75, 3.05) is 40.7 Å². The SMILES string of the molecule is CNCc1cccnc1.CNc1cc(OC)c(OC)c(OC)c1. The van der Waals surface area contributed by atoms with Gasteiger partial charge >= 0.3 is 0 Å². The number of anilines is 1. The Labute approximate surface area is 137 Å². The predicted octanol–water partition coefficient (Wildman–Crippen LogP) is 2.56. The number of aromatic nitrogens is 1. The van der Waals surface area contributed by atoms with E-state index in [9.17, 15) is 0 Å². The Bertz CT molecular complexity index is 552. The molecule has 0 aliphatic carbocycles. The zero-order valence-electron chi connectivity index (χ0n) is 14.3. The average Bonchev–Trinajstić information content (AvgIpc) is 2.62. The van der Waals surface area contributed by atoms with Gasteiger partial charge in [0.2, 0.25) is 5.75 Å². The number of pyridine rings is 1. The van der Waals surface area contributed by atoms with Crippen LogP contribution in [0.3, 0.4) is 0 Å². The zero-order valence-corrected chi connectivity index (χ0v) is 14.3. The van der Waals surface area contributed by atoms with Crippen molar-refractivity contribution in [3.63, 3.8) is 0 Å². The highest BCUT2D eigenvalue weighted by atomic mass is 16.5. The van der Waals surface area contributed by atoms with E-state index in [1.165, 1.54) is 5.56 Å². The van der Waals surface area contributed by atoms with Gasteiger partial charge in [0.1, 0.15) is 0 Å². The van der Waals surface area contributed by atoms with Crippen molar-refractivity contribution >= 4 is 5.69 Å². The molecule has 1 heterocycles. The Morgan fingerprint density at radius 3 is 2.04 bits per heavy atom. The van der Waals surface area contributed by atoms with E-state index in [0.29, 0.717) is 17.2 Å². The molecule has 0 saturated carbocycles. The largest absolute Gasteiger partial charge is 0.493 e. The van der Waals surface area contributed by atoms with E-state index in [2.05, 4.69) is 15.6 Å². The smallest absolute Gasteiger partial charge is 0.203 e. The molecule has 6 nitrogen and oxygen atoms in total. The summed E-state index contributed by atoms with van der Waals surface area (Å²) >= 11 is 0. The summed E-state index contributed by atoms with van der Waals surface area (Å²) in [7, 11) is 8.53. The summed E-state index contributed by atoms with van der Waals surface area (Å²) in [4.78, 5) is 3.96. The molecule has 0 radical (unpaired) electrons. The van der Waals surface area contributed by atoms with Crippen LogP contribution >= 0.6 is 0 Å². The maximum Gasteiger partial charge on any atom is 0.203 e. The monoisotopic (exact) mass is 319 g/mol. The number of ether oxygens (including phenoxy) is 3. The standard InChI is InChI=1S/C10H15NO3.C7H10N2/c1-11-7-5-8(12-2)10(14-4)9(6-7)13-3;1-8-5-7-3-2-4-9-6-7/h5-6,11H,1-4H3;2-4,6,8H,5H2,1H3. The average molecular weight is 319 g/mol. The summed E-state index contributed by atoms with van der Waals surface area (Å²) in [6.45, 7) is 0.897. The highest BCUT2D eigenvalue weighted by molar-refractivity contribution is 5.62. The van der Waals surface area contributed by atoms with Gasteiger partial charge in [0.05, 0.1) is 21.3 Å². The number of methoxy groups -OCH3 is 3. The molecule has 0 spiro atoms. The van der Waals surface area contributed by atoms with Crippen molar-refractivity contribution in [2.24, 2.45) is 0 Å². The third-order valence-electron chi connectivity index (χ3n) is 3.06. The van der Waals surface area contributed by atoms with Gasteiger partial charge in [-0.2, -0.15) is 0 Å². The van der Waals surface area contributed by atoms with Gasteiger partial charge in [0, 0.05) is 43.8 Å². The lowest BCUT2D eigenvalue weighted by atomic mass is 10.2. The second kappa shape index (κ2) is 10.3. The van der Waals surface area contributed by atoms with Crippen molar-refractivity contribution in [3.05, 3.63) is 42.2 Å². The lowest BCUT2D eigenvalue weighted by molar-refractivity contribution is 0.324.